The van der Waals surface area contributed by atoms with Gasteiger partial charge >= 0.3 is 26.2 Å². The molecule has 0 fully saturated rings. The summed E-state index contributed by atoms with van der Waals surface area (Å²) >= 11 is 0. The second-order valence-corrected chi connectivity index (χ2v) is 8.56. The summed E-state index contributed by atoms with van der Waals surface area (Å²) < 4.78 is 0. The topological polar surface area (TPSA) is 0 Å². The van der Waals surface area contributed by atoms with E-state index in [2.05, 4.69) is 100 Å². The molecule has 30 heavy (non-hydrogen) atoms. The molecule has 0 spiro atoms. The third kappa shape index (κ3) is 10.4. The fraction of sp³-hybridized carbons (Fsp3) is 0.308. The summed E-state index contributed by atoms with van der Waals surface area (Å²) in [5.74, 6) is 0. The first kappa shape index (κ1) is 31.9. The van der Waals surface area contributed by atoms with Crippen LogP contribution in [0.4, 0.5) is 0 Å². The molecule has 4 rings (SSSR count). The van der Waals surface area contributed by atoms with Crippen LogP contribution in [0, 0.1) is 0 Å². The number of benzene rings is 2. The zero-order valence-corrected chi connectivity index (χ0v) is 25.1. The first-order valence-corrected chi connectivity index (χ1v) is 11.6. The largest absolute Gasteiger partial charge is 4.00 e. The van der Waals surface area contributed by atoms with Gasteiger partial charge in [0.2, 0.25) is 0 Å². The molecule has 4 aromatic rings. The van der Waals surface area contributed by atoms with Gasteiger partial charge in [-0.25, -0.2) is 0 Å². The smallest absolute Gasteiger partial charge is 1.00 e. The van der Waals surface area contributed by atoms with Gasteiger partial charge in [-0.15, -0.1) is 81.2 Å². The fourth-order valence-corrected chi connectivity index (χ4v) is 3.59. The number of rotatable bonds is 4. The average Bonchev–Trinajstić information content (AvgIpc) is 3.32. The molecule has 0 aliphatic heterocycles. The monoisotopic (exact) mass is 620 g/mol. The normalized spacial score (nSPS) is 9.20. The summed E-state index contributed by atoms with van der Waals surface area (Å²) in [5.41, 5.74) is 2.87. The molecule has 0 amide bonds. The van der Waals surface area contributed by atoms with E-state index in [1.807, 2.05) is 0 Å². The molecule has 0 heterocycles. The van der Waals surface area contributed by atoms with E-state index in [0.717, 1.165) is 12.8 Å². The molecule has 2 radical (unpaired) electrons. The Morgan fingerprint density at radius 3 is 1.27 bits per heavy atom. The third-order valence-electron chi connectivity index (χ3n) is 4.67. The van der Waals surface area contributed by atoms with E-state index in [1.54, 1.807) is 0 Å². The van der Waals surface area contributed by atoms with Gasteiger partial charge in [-0.05, 0) is 12.8 Å². The number of aryl methyl sites for hydroxylation is 2. The Morgan fingerprint density at radius 1 is 0.633 bits per heavy atom. The average molecular weight is 624 g/mol. The second kappa shape index (κ2) is 18.3. The van der Waals surface area contributed by atoms with Gasteiger partial charge in [0.05, 0.1) is 0 Å². The number of hydrogen-bond donors (Lipinski definition) is 0. The van der Waals surface area contributed by atoms with Crippen molar-refractivity contribution >= 4 is 31.1 Å². The molecular weight excluding hydrogens is 591 g/mol. The van der Waals surface area contributed by atoms with Crippen LogP contribution in [0.15, 0.2) is 72.8 Å². The van der Waals surface area contributed by atoms with E-state index in [4.69, 9.17) is 0 Å². The van der Waals surface area contributed by atoms with Crippen molar-refractivity contribution in [2.45, 2.75) is 52.6 Å². The summed E-state index contributed by atoms with van der Waals surface area (Å²) in [6.45, 7) is 8.83. The summed E-state index contributed by atoms with van der Waals surface area (Å²) in [4.78, 5) is 0. The van der Waals surface area contributed by atoms with Gasteiger partial charge in [0.15, 0.2) is 0 Å². The maximum absolute atomic E-state index is 2.26. The van der Waals surface area contributed by atoms with Crippen molar-refractivity contribution in [2.75, 3.05) is 0 Å². The molecule has 0 aliphatic carbocycles. The van der Waals surface area contributed by atoms with Gasteiger partial charge < -0.3 is 34.0 Å². The van der Waals surface area contributed by atoms with Crippen LogP contribution in [0.3, 0.4) is 0 Å². The Kier molecular flexibility index (Phi) is 19.5. The molecule has 0 saturated heterocycles. The molecule has 0 N–H and O–H groups in total. The van der Waals surface area contributed by atoms with Crippen LogP contribution in [0.25, 0.3) is 21.5 Å². The van der Waals surface area contributed by atoms with Crippen LogP contribution in [0.2, 0.25) is 12.1 Å². The van der Waals surface area contributed by atoms with Crippen LogP contribution in [0.5, 0.6) is 0 Å². The standard InChI is InChI=1S/2C11H11.C4H10Si.2BrH.Zr/c2*1-2-9-7-10-5-3-4-6-11(10)8-9;1-3-5-4-2;;;/h2*3-8H,2H2,1H3;3-4H2,1-2H3;2*1H;/q2*-1;;;;+4/p-2. The molecule has 0 atom stereocenters. The predicted octanol–water partition coefficient (Wildman–Crippen LogP) is 1.81. The molecule has 4 aromatic carbocycles. The quantitative estimate of drug-likeness (QED) is 0.241. The SMILES string of the molecule is CC[Si]CC.CCc1cc2ccccc2[cH-]1.CCc1cc2ccccc2[cH-]1.[Br-].[Br-].[Zr+4]. The minimum Gasteiger partial charge on any atom is -1.00 e. The Labute approximate surface area is 226 Å². The first-order valence-electron chi connectivity index (χ1n) is 10.2. The Morgan fingerprint density at radius 2 is 1.00 bits per heavy atom. The van der Waals surface area contributed by atoms with Gasteiger partial charge in [-0.1, -0.05) is 51.9 Å². The van der Waals surface area contributed by atoms with Crippen molar-refractivity contribution in [3.8, 4) is 0 Å². The van der Waals surface area contributed by atoms with Gasteiger partial charge in [0.1, 0.15) is 0 Å². The van der Waals surface area contributed by atoms with Crippen molar-refractivity contribution in [1.82, 2.24) is 0 Å². The number of halogens is 2. The molecule has 0 nitrogen and oxygen atoms in total. The van der Waals surface area contributed by atoms with Crippen LogP contribution < -0.4 is 34.0 Å². The molecule has 0 aromatic heterocycles. The van der Waals surface area contributed by atoms with Crippen LogP contribution >= 0.6 is 0 Å². The molecule has 0 unspecified atom stereocenters. The summed E-state index contributed by atoms with van der Waals surface area (Å²) in [6, 6.07) is 28.8. The third-order valence-corrected chi connectivity index (χ3v) is 5.67. The molecule has 0 saturated carbocycles. The van der Waals surface area contributed by atoms with Gasteiger partial charge in [0, 0.05) is 9.52 Å². The fourth-order valence-electron chi connectivity index (χ4n) is 3.09. The van der Waals surface area contributed by atoms with E-state index < -0.39 is 0 Å². The van der Waals surface area contributed by atoms with Gasteiger partial charge in [-0.3, -0.25) is 0 Å². The molecule has 4 heteroatoms. The second-order valence-electron chi connectivity index (χ2n) is 6.65. The van der Waals surface area contributed by atoms with Gasteiger partial charge in [0.25, 0.3) is 0 Å². The van der Waals surface area contributed by atoms with Crippen LogP contribution in [-0.4, -0.2) is 9.52 Å². The predicted molar refractivity (Wildman–Crippen MR) is 125 cm³/mol. The van der Waals surface area contributed by atoms with Crippen molar-refractivity contribution in [1.29, 1.82) is 0 Å². The zero-order valence-electron chi connectivity index (χ0n) is 18.5. The van der Waals surface area contributed by atoms with Crippen LogP contribution in [0.1, 0.15) is 38.8 Å². The van der Waals surface area contributed by atoms with Crippen LogP contribution in [-0.2, 0) is 39.0 Å². The molecule has 0 aliphatic rings. The van der Waals surface area contributed by atoms with E-state index >= 15 is 0 Å². The van der Waals surface area contributed by atoms with Crippen molar-refractivity contribution in [3.63, 3.8) is 0 Å². The number of hydrogen-bond acceptors (Lipinski definition) is 0. The summed E-state index contributed by atoms with van der Waals surface area (Å²) in [7, 11) is 1.20. The van der Waals surface area contributed by atoms with E-state index in [9.17, 15) is 0 Å². The van der Waals surface area contributed by atoms with E-state index in [0.29, 0.717) is 0 Å². The Hall–Kier alpha value is -0.280. The van der Waals surface area contributed by atoms with Gasteiger partial charge in [-0.2, -0.15) is 12.1 Å². The van der Waals surface area contributed by atoms with E-state index in [1.165, 1.54) is 54.3 Å². The van der Waals surface area contributed by atoms with E-state index in [-0.39, 0.29) is 60.2 Å². The van der Waals surface area contributed by atoms with Crippen molar-refractivity contribution < 1.29 is 60.2 Å². The Bertz CT molecular complexity index is 785. The maximum Gasteiger partial charge on any atom is 4.00 e. The minimum absolute atomic E-state index is 0. The summed E-state index contributed by atoms with van der Waals surface area (Å²) in [6.07, 6.45) is 2.27. The maximum atomic E-state index is 2.26. The summed E-state index contributed by atoms with van der Waals surface area (Å²) in [5, 5.41) is 5.46. The first-order chi connectivity index (χ1) is 13.2. The van der Waals surface area contributed by atoms with Crippen molar-refractivity contribution in [3.05, 3.63) is 83.9 Å². The number of fused-ring (bicyclic) bond motifs is 2. The molecular formula is C26H32Br2SiZr. The molecule has 158 valence electrons. The molecule has 0 bridgehead atoms. The zero-order chi connectivity index (χ0) is 19.5. The minimum atomic E-state index is 0. The van der Waals surface area contributed by atoms with Crippen molar-refractivity contribution in [2.24, 2.45) is 0 Å². The Balaban J connectivity index is 0.